The van der Waals surface area contributed by atoms with Crippen LogP contribution >= 0.6 is 23.5 Å². The maximum Gasteiger partial charge on any atom is 0.190 e. The molecule has 0 spiro atoms. The number of aryl methyl sites for hydroxylation is 1. The number of thioether (sulfide) groups is 2. The predicted molar refractivity (Wildman–Crippen MR) is 244 cm³/mol. The molecular formula is C44H37N9O6S2. The summed E-state index contributed by atoms with van der Waals surface area (Å²) >= 11 is 3.25. The zero-order valence-corrected chi connectivity index (χ0v) is 35.0. The van der Waals surface area contributed by atoms with Crippen LogP contribution in [0.4, 0.5) is 0 Å². The molecule has 0 atom stereocenters. The van der Waals surface area contributed by atoms with E-state index in [0.717, 1.165) is 64.5 Å². The highest BCUT2D eigenvalue weighted by atomic mass is 32.2. The molecule has 0 aliphatic rings. The second-order valence-corrected chi connectivity index (χ2v) is 14.8. The summed E-state index contributed by atoms with van der Waals surface area (Å²) in [6.45, 7) is 2.08. The van der Waals surface area contributed by atoms with E-state index in [1.807, 2.05) is 61.0 Å². The molecule has 15 nitrogen and oxygen atoms in total. The third-order valence-corrected chi connectivity index (χ3v) is 11.1. The van der Waals surface area contributed by atoms with Crippen molar-refractivity contribution in [3.63, 3.8) is 0 Å². The Bertz CT molecular complexity index is 3250. The lowest BCUT2D eigenvalue weighted by Gasteiger charge is -2.11. The number of fused-ring (bicyclic) bond motifs is 9. The maximum absolute atomic E-state index is 12.1. The van der Waals surface area contributed by atoms with Gasteiger partial charge in [-0.1, -0.05) is 21.5 Å². The molecule has 4 N–H and O–H groups in total. The zero-order chi connectivity index (χ0) is 43.0. The fourth-order valence-electron chi connectivity index (χ4n) is 6.98. The molecule has 61 heavy (non-hydrogen) atoms. The van der Waals surface area contributed by atoms with Gasteiger partial charge in [-0.2, -0.15) is 0 Å². The van der Waals surface area contributed by atoms with Gasteiger partial charge in [0.15, 0.2) is 5.43 Å². The summed E-state index contributed by atoms with van der Waals surface area (Å²) < 4.78 is 10.8. The smallest absolute Gasteiger partial charge is 0.190 e. The van der Waals surface area contributed by atoms with Gasteiger partial charge in [0, 0.05) is 61.4 Å². The number of aromatic nitrogens is 6. The molecule has 0 fully saturated rings. The lowest BCUT2D eigenvalue weighted by Crippen LogP contribution is -2.06. The zero-order valence-electron chi connectivity index (χ0n) is 33.4. The van der Waals surface area contributed by atoms with Gasteiger partial charge in [-0.05, 0) is 85.7 Å². The monoisotopic (exact) mass is 851 g/mol. The fraction of sp³-hybridized carbons (Fsp3) is 0.114. The Morgan fingerprint density at radius 2 is 1.18 bits per heavy atom. The number of ether oxygens (including phenoxy) is 2. The Hall–Kier alpha value is -7.37. The van der Waals surface area contributed by atoms with E-state index in [1.54, 1.807) is 68.5 Å². The minimum Gasteiger partial charge on any atom is -0.496 e. The number of methoxy groups -OCH3 is 2. The first-order valence-electron chi connectivity index (χ1n) is 18.3. The molecule has 0 aliphatic carbocycles. The molecule has 0 saturated carbocycles. The number of H-pyrrole nitrogens is 1. The fourth-order valence-corrected chi connectivity index (χ4v) is 8.30. The molecule has 0 unspecified atom stereocenters. The van der Waals surface area contributed by atoms with Crippen LogP contribution in [0.25, 0.3) is 65.4 Å². The van der Waals surface area contributed by atoms with E-state index < -0.39 is 0 Å². The van der Waals surface area contributed by atoms with Crippen LogP contribution in [0.15, 0.2) is 121 Å². The summed E-state index contributed by atoms with van der Waals surface area (Å²) in [5, 5.41) is 40.5. The van der Waals surface area contributed by atoms with Crippen molar-refractivity contribution >= 4 is 108 Å². The molecular weight excluding hydrogens is 815 g/mol. The number of nitrogens with one attached hydrogen (secondary N) is 1. The normalized spacial score (nSPS) is 11.6. The van der Waals surface area contributed by atoms with Gasteiger partial charge in [0.1, 0.15) is 17.0 Å². The van der Waals surface area contributed by atoms with E-state index >= 15 is 0 Å². The van der Waals surface area contributed by atoms with Gasteiger partial charge >= 0.3 is 0 Å². The maximum atomic E-state index is 12.1. The summed E-state index contributed by atoms with van der Waals surface area (Å²) in [5.41, 5.74) is 7.08. The third kappa shape index (κ3) is 8.41. The summed E-state index contributed by atoms with van der Waals surface area (Å²) in [4.78, 5) is 39.6. The Labute approximate surface area is 355 Å². The Morgan fingerprint density at radius 3 is 1.80 bits per heavy atom. The van der Waals surface area contributed by atoms with E-state index in [0.29, 0.717) is 39.3 Å². The number of hydrogen-bond donors (Lipinski definition) is 4. The van der Waals surface area contributed by atoms with E-state index in [9.17, 15) is 4.79 Å². The first kappa shape index (κ1) is 41.8. The lowest BCUT2D eigenvalue weighted by atomic mass is 10.0. The topological polar surface area (TPSA) is 214 Å². The van der Waals surface area contributed by atoms with Gasteiger partial charge in [0.05, 0.1) is 82.9 Å². The van der Waals surface area contributed by atoms with Crippen LogP contribution in [0.3, 0.4) is 0 Å². The van der Waals surface area contributed by atoms with E-state index in [2.05, 4.69) is 58.4 Å². The van der Waals surface area contributed by atoms with Crippen LogP contribution in [0.2, 0.25) is 0 Å². The third-order valence-electron chi connectivity index (χ3n) is 9.58. The van der Waals surface area contributed by atoms with Gasteiger partial charge in [-0.3, -0.25) is 19.7 Å². The average Bonchev–Trinajstić information content (AvgIpc) is 3.29. The standard InChI is InChI=1S/C15H13N3O2S.C15H13N3OS.C14H11N3O3/c1-20-12-7-11-13(21-2)6-9(8-17-19)18-15(11)14-10(12)4-3-5-16-14;1-9-6-10-4-3-5-16-14(10)15-13(9)12(20-2)7-11(18-15)8-17-19;1-20-12-6-10-11(18)5-8(7-16-19)17-14(10)13-9(12)3-2-4-15-13/h3-8,19H,1-2H3;3-8,19H,1-2H3;2-7,19H,1H3,(H,17,18). The van der Waals surface area contributed by atoms with Gasteiger partial charge in [-0.25, -0.2) is 9.97 Å². The molecule has 6 aromatic heterocycles. The second-order valence-electron chi connectivity index (χ2n) is 13.1. The Balaban J connectivity index is 0.000000138. The molecule has 3 aromatic carbocycles. The Morgan fingerprint density at radius 1 is 0.623 bits per heavy atom. The average molecular weight is 852 g/mol. The molecule has 0 bridgehead atoms. The number of aromatic amines is 1. The van der Waals surface area contributed by atoms with Crippen molar-refractivity contribution in [3.05, 3.63) is 124 Å². The molecule has 306 valence electrons. The summed E-state index contributed by atoms with van der Waals surface area (Å²) in [5.74, 6) is 1.36. The number of nitrogens with zero attached hydrogens (tertiary/aromatic N) is 8. The van der Waals surface area contributed by atoms with Crippen molar-refractivity contribution in [1.82, 2.24) is 29.9 Å². The van der Waals surface area contributed by atoms with Gasteiger partial charge in [0.2, 0.25) is 0 Å². The van der Waals surface area contributed by atoms with Crippen molar-refractivity contribution in [2.75, 3.05) is 26.7 Å². The van der Waals surface area contributed by atoms with Gasteiger partial charge in [0.25, 0.3) is 0 Å². The minimum absolute atomic E-state index is 0.195. The predicted octanol–water partition coefficient (Wildman–Crippen LogP) is 8.84. The van der Waals surface area contributed by atoms with E-state index in [1.165, 1.54) is 30.3 Å². The highest BCUT2D eigenvalue weighted by molar-refractivity contribution is 7.99. The number of benzene rings is 3. The molecule has 0 amide bonds. The van der Waals surface area contributed by atoms with Crippen molar-refractivity contribution < 1.29 is 25.1 Å². The molecule has 17 heteroatoms. The highest BCUT2D eigenvalue weighted by Crippen LogP contribution is 2.36. The number of hydrogen-bond acceptors (Lipinski definition) is 16. The summed E-state index contributed by atoms with van der Waals surface area (Å²) in [6, 6.07) is 22.4. The SMILES string of the molecule is COc1cc2c(=O)cc(C=NO)[nH]c2c2ncccc12.COc1cc2c(SC)cc(C=NO)nc2c2ncccc12.CSc1cc(C=NO)nc2c1c(C)cc1cccnc12. The highest BCUT2D eigenvalue weighted by Gasteiger charge is 2.15. The number of oxime groups is 3. The van der Waals surface area contributed by atoms with Gasteiger partial charge in [-0.15, -0.1) is 23.5 Å². The first-order valence-corrected chi connectivity index (χ1v) is 20.8. The minimum atomic E-state index is -0.195. The van der Waals surface area contributed by atoms with Crippen molar-refractivity contribution in [2.24, 2.45) is 15.5 Å². The molecule has 9 rings (SSSR count). The van der Waals surface area contributed by atoms with Crippen LogP contribution in [0.5, 0.6) is 11.5 Å². The summed E-state index contributed by atoms with van der Waals surface area (Å²) in [7, 11) is 3.20. The molecule has 0 radical (unpaired) electrons. The van der Waals surface area contributed by atoms with Crippen LogP contribution in [0, 0.1) is 6.92 Å². The number of rotatable bonds is 7. The molecule has 0 saturated heterocycles. The molecule has 6 heterocycles. The van der Waals surface area contributed by atoms with Crippen LogP contribution in [-0.4, -0.2) is 90.9 Å². The van der Waals surface area contributed by atoms with Crippen LogP contribution in [0.1, 0.15) is 22.6 Å². The van der Waals surface area contributed by atoms with Crippen molar-refractivity contribution in [3.8, 4) is 11.5 Å². The van der Waals surface area contributed by atoms with Gasteiger partial charge < -0.3 is 30.1 Å². The lowest BCUT2D eigenvalue weighted by molar-refractivity contribution is 0.321. The van der Waals surface area contributed by atoms with Crippen LogP contribution < -0.4 is 14.9 Å². The Kier molecular flexibility index (Phi) is 12.8. The largest absolute Gasteiger partial charge is 0.496 e. The van der Waals surface area contributed by atoms with Crippen molar-refractivity contribution in [1.29, 1.82) is 0 Å². The molecule has 9 aromatic rings. The number of pyridine rings is 6. The quantitative estimate of drug-likeness (QED) is 0.0388. The molecule has 0 aliphatic heterocycles. The second kappa shape index (κ2) is 18.7. The summed E-state index contributed by atoms with van der Waals surface area (Å²) in [6.07, 6.45) is 13.0. The first-order chi connectivity index (χ1) is 29.8. The van der Waals surface area contributed by atoms with E-state index in [4.69, 9.17) is 25.1 Å². The van der Waals surface area contributed by atoms with E-state index in [-0.39, 0.29) is 5.43 Å². The van der Waals surface area contributed by atoms with Crippen LogP contribution in [-0.2, 0) is 0 Å². The van der Waals surface area contributed by atoms with Crippen molar-refractivity contribution in [2.45, 2.75) is 16.7 Å².